The minimum atomic E-state index is 0.342. The monoisotopic (exact) mass is 215 g/mol. The first-order chi connectivity index (χ1) is 6.77. The second kappa shape index (κ2) is 6.49. The molecule has 2 heteroatoms. The largest absolute Gasteiger partial charge is 0.382 e. The highest BCUT2D eigenvalue weighted by Gasteiger charge is 2.26. The highest BCUT2D eigenvalue weighted by Crippen LogP contribution is 2.29. The number of rotatable bonds is 6. The third-order valence-electron chi connectivity index (χ3n) is 3.02. The molecule has 0 saturated heterocycles. The molecule has 0 fully saturated rings. The van der Waals surface area contributed by atoms with Gasteiger partial charge >= 0.3 is 0 Å². The molecule has 2 unspecified atom stereocenters. The van der Waals surface area contributed by atoms with E-state index in [2.05, 4.69) is 46.9 Å². The normalized spacial score (nSPS) is 16.8. The minimum Gasteiger partial charge on any atom is -0.382 e. The molecule has 0 aliphatic rings. The van der Waals surface area contributed by atoms with Crippen LogP contribution in [0.4, 0.5) is 0 Å². The molecule has 0 aromatic heterocycles. The Kier molecular flexibility index (Phi) is 6.46. The van der Waals surface area contributed by atoms with Gasteiger partial charge in [-0.05, 0) is 31.2 Å². The maximum absolute atomic E-state index is 5.35. The fourth-order valence-corrected chi connectivity index (χ4v) is 1.62. The summed E-state index contributed by atoms with van der Waals surface area (Å²) in [7, 11) is 1.79. The fourth-order valence-electron chi connectivity index (χ4n) is 1.62. The van der Waals surface area contributed by atoms with E-state index < -0.39 is 0 Å². The number of hydrogen-bond acceptors (Lipinski definition) is 2. The first-order valence-corrected chi connectivity index (χ1v) is 6.03. The second-order valence-corrected chi connectivity index (χ2v) is 5.91. The lowest BCUT2D eigenvalue weighted by atomic mass is 9.77. The van der Waals surface area contributed by atoms with Gasteiger partial charge in [-0.25, -0.2) is 0 Å². The average molecular weight is 215 g/mol. The quantitative estimate of drug-likeness (QED) is 0.735. The summed E-state index contributed by atoms with van der Waals surface area (Å²) in [5, 5.41) is 3.53. The van der Waals surface area contributed by atoms with Crippen molar-refractivity contribution in [2.24, 2.45) is 11.3 Å². The zero-order valence-corrected chi connectivity index (χ0v) is 11.6. The SMILES string of the molecule is COC(C)CC(CNC(C)C)C(C)(C)C. The molecule has 0 aliphatic carbocycles. The predicted molar refractivity (Wildman–Crippen MR) is 67.2 cm³/mol. The lowest BCUT2D eigenvalue weighted by Gasteiger charge is -2.33. The molecule has 2 nitrogen and oxygen atoms in total. The molecule has 0 aliphatic heterocycles. The predicted octanol–water partition coefficient (Wildman–Crippen LogP) is 3.07. The van der Waals surface area contributed by atoms with E-state index in [1.54, 1.807) is 7.11 Å². The van der Waals surface area contributed by atoms with Crippen LogP contribution in [-0.2, 0) is 4.74 Å². The standard InChI is InChI=1S/C13H29NO/c1-10(2)14-9-12(13(4,5)6)8-11(3)15-7/h10-12,14H,8-9H2,1-7H3. The molecule has 15 heavy (non-hydrogen) atoms. The van der Waals surface area contributed by atoms with Gasteiger partial charge in [-0.15, -0.1) is 0 Å². The Morgan fingerprint density at radius 2 is 1.67 bits per heavy atom. The zero-order valence-electron chi connectivity index (χ0n) is 11.6. The Hall–Kier alpha value is -0.0800. The van der Waals surface area contributed by atoms with Crippen LogP contribution >= 0.6 is 0 Å². The van der Waals surface area contributed by atoms with E-state index in [1.165, 1.54) is 0 Å². The van der Waals surface area contributed by atoms with Gasteiger partial charge in [0.25, 0.3) is 0 Å². The van der Waals surface area contributed by atoms with E-state index in [4.69, 9.17) is 4.74 Å². The maximum atomic E-state index is 5.35. The van der Waals surface area contributed by atoms with E-state index in [0.29, 0.717) is 23.5 Å². The zero-order chi connectivity index (χ0) is 12.1. The van der Waals surface area contributed by atoms with Crippen molar-refractivity contribution >= 4 is 0 Å². The van der Waals surface area contributed by atoms with Crippen LogP contribution < -0.4 is 5.32 Å². The molecule has 2 atom stereocenters. The summed E-state index contributed by atoms with van der Waals surface area (Å²) in [6, 6.07) is 0.563. The topological polar surface area (TPSA) is 21.3 Å². The molecule has 0 heterocycles. The average Bonchev–Trinajstić information content (AvgIpc) is 2.09. The minimum absolute atomic E-state index is 0.342. The van der Waals surface area contributed by atoms with Crippen molar-refractivity contribution in [3.05, 3.63) is 0 Å². The van der Waals surface area contributed by atoms with Crippen molar-refractivity contribution < 1.29 is 4.74 Å². The maximum Gasteiger partial charge on any atom is 0.0546 e. The summed E-state index contributed by atoms with van der Waals surface area (Å²) in [6.07, 6.45) is 1.47. The summed E-state index contributed by atoms with van der Waals surface area (Å²) in [5.41, 5.74) is 0.342. The third-order valence-corrected chi connectivity index (χ3v) is 3.02. The van der Waals surface area contributed by atoms with E-state index in [9.17, 15) is 0 Å². The number of ether oxygens (including phenoxy) is 1. The van der Waals surface area contributed by atoms with Crippen LogP contribution in [0.5, 0.6) is 0 Å². The Morgan fingerprint density at radius 3 is 2.00 bits per heavy atom. The van der Waals surface area contributed by atoms with Crippen molar-refractivity contribution in [1.82, 2.24) is 5.32 Å². The molecule has 0 radical (unpaired) electrons. The molecular formula is C13H29NO. The van der Waals surface area contributed by atoms with Crippen LogP contribution in [0.1, 0.15) is 48.0 Å². The van der Waals surface area contributed by atoms with Gasteiger partial charge < -0.3 is 10.1 Å². The van der Waals surface area contributed by atoms with Crippen molar-refractivity contribution in [2.45, 2.75) is 60.1 Å². The summed E-state index contributed by atoms with van der Waals surface area (Å²) in [4.78, 5) is 0. The van der Waals surface area contributed by atoms with Crippen molar-refractivity contribution in [2.75, 3.05) is 13.7 Å². The first-order valence-electron chi connectivity index (χ1n) is 6.03. The smallest absolute Gasteiger partial charge is 0.0546 e. The van der Waals surface area contributed by atoms with E-state index in [1.807, 2.05) is 0 Å². The van der Waals surface area contributed by atoms with Gasteiger partial charge in [0.1, 0.15) is 0 Å². The van der Waals surface area contributed by atoms with Gasteiger partial charge in [-0.3, -0.25) is 0 Å². The third kappa shape index (κ3) is 6.91. The van der Waals surface area contributed by atoms with Crippen molar-refractivity contribution in [1.29, 1.82) is 0 Å². The fraction of sp³-hybridized carbons (Fsp3) is 1.00. The number of nitrogens with one attached hydrogen (secondary N) is 1. The lowest BCUT2D eigenvalue weighted by Crippen LogP contribution is -2.37. The van der Waals surface area contributed by atoms with Gasteiger partial charge in [-0.2, -0.15) is 0 Å². The molecule has 0 spiro atoms. The van der Waals surface area contributed by atoms with E-state index >= 15 is 0 Å². The Balaban J connectivity index is 4.20. The summed E-state index contributed by atoms with van der Waals surface area (Å²) >= 11 is 0. The van der Waals surface area contributed by atoms with Crippen LogP contribution in [0.2, 0.25) is 0 Å². The summed E-state index contributed by atoms with van der Waals surface area (Å²) in [5.74, 6) is 0.662. The first kappa shape index (κ1) is 14.9. The Morgan fingerprint density at radius 1 is 1.13 bits per heavy atom. The van der Waals surface area contributed by atoms with Crippen molar-refractivity contribution in [3.8, 4) is 0 Å². The molecule has 0 saturated carbocycles. The van der Waals surface area contributed by atoms with Gasteiger partial charge in [0, 0.05) is 13.2 Å². The molecule has 0 amide bonds. The van der Waals surface area contributed by atoms with E-state index in [-0.39, 0.29) is 0 Å². The molecule has 0 rings (SSSR count). The van der Waals surface area contributed by atoms with Crippen molar-refractivity contribution in [3.63, 3.8) is 0 Å². The van der Waals surface area contributed by atoms with Crippen LogP contribution in [0.15, 0.2) is 0 Å². The number of hydrogen-bond donors (Lipinski definition) is 1. The molecule has 92 valence electrons. The number of methoxy groups -OCH3 is 1. The van der Waals surface area contributed by atoms with E-state index in [0.717, 1.165) is 13.0 Å². The lowest BCUT2D eigenvalue weighted by molar-refractivity contribution is 0.0690. The highest BCUT2D eigenvalue weighted by molar-refractivity contribution is 4.78. The van der Waals surface area contributed by atoms with Gasteiger partial charge in [0.15, 0.2) is 0 Å². The van der Waals surface area contributed by atoms with Gasteiger partial charge in [0.2, 0.25) is 0 Å². The van der Waals surface area contributed by atoms with Crippen LogP contribution in [0.25, 0.3) is 0 Å². The molecular weight excluding hydrogens is 186 g/mol. The van der Waals surface area contributed by atoms with Crippen LogP contribution in [0, 0.1) is 11.3 Å². The Labute approximate surface area is 95.8 Å². The molecule has 1 N–H and O–H groups in total. The van der Waals surface area contributed by atoms with Gasteiger partial charge in [-0.1, -0.05) is 34.6 Å². The van der Waals surface area contributed by atoms with Crippen LogP contribution in [0.3, 0.4) is 0 Å². The summed E-state index contributed by atoms with van der Waals surface area (Å²) < 4.78 is 5.35. The van der Waals surface area contributed by atoms with Gasteiger partial charge in [0.05, 0.1) is 6.10 Å². The molecule has 0 aromatic rings. The Bertz CT molecular complexity index is 160. The highest BCUT2D eigenvalue weighted by atomic mass is 16.5. The molecule has 0 bridgehead atoms. The summed E-state index contributed by atoms with van der Waals surface area (Å²) in [6.45, 7) is 14.5. The second-order valence-electron chi connectivity index (χ2n) is 5.91. The van der Waals surface area contributed by atoms with Crippen LogP contribution in [-0.4, -0.2) is 25.8 Å². The molecule has 0 aromatic carbocycles.